The lowest BCUT2D eigenvalue weighted by Gasteiger charge is -2.17. The Kier molecular flexibility index (Phi) is 7.45. The van der Waals surface area contributed by atoms with Crippen LogP contribution in [0.2, 0.25) is 5.02 Å². The maximum absolute atomic E-state index is 13.7. The van der Waals surface area contributed by atoms with Crippen molar-refractivity contribution in [1.82, 2.24) is 20.2 Å². The van der Waals surface area contributed by atoms with Gasteiger partial charge in [-0.1, -0.05) is 34.1 Å². The molecular weight excluding hydrogens is 556 g/mol. The molecule has 0 aliphatic rings. The average molecular weight is 574 g/mol. The average Bonchev–Trinajstić information content (AvgIpc) is 3.47. The van der Waals surface area contributed by atoms with Crippen LogP contribution < -0.4 is 4.90 Å². The van der Waals surface area contributed by atoms with Gasteiger partial charge in [-0.3, -0.25) is 4.79 Å². The minimum absolute atomic E-state index is 0.0191. The zero-order chi connectivity index (χ0) is 28.7. The molecular formula is C24H18ClF6N5O3. The van der Waals surface area contributed by atoms with Crippen LogP contribution in [0.25, 0.3) is 11.3 Å². The van der Waals surface area contributed by atoms with E-state index in [9.17, 15) is 36.2 Å². The molecule has 0 saturated heterocycles. The summed E-state index contributed by atoms with van der Waals surface area (Å²) in [5, 5.41) is 21.4. The molecule has 0 aliphatic heterocycles. The molecule has 2 aromatic carbocycles. The first kappa shape index (κ1) is 28.1. The third kappa shape index (κ3) is 5.61. The number of aliphatic hydroxyl groups is 1. The first-order valence-corrected chi connectivity index (χ1v) is 11.4. The predicted molar refractivity (Wildman–Crippen MR) is 126 cm³/mol. The van der Waals surface area contributed by atoms with Gasteiger partial charge in [-0.15, -0.1) is 5.10 Å². The van der Waals surface area contributed by atoms with Crippen LogP contribution in [-0.2, 0) is 25.5 Å². The number of alkyl halides is 6. The minimum Gasteiger partial charge on any atom is -0.390 e. The lowest BCUT2D eigenvalue weighted by atomic mass is 10.0. The van der Waals surface area contributed by atoms with Crippen LogP contribution in [0, 0.1) is 0 Å². The second kappa shape index (κ2) is 10.3. The van der Waals surface area contributed by atoms with Crippen molar-refractivity contribution < 1.29 is 40.8 Å². The highest BCUT2D eigenvalue weighted by Crippen LogP contribution is 2.37. The number of hydrogen-bond acceptors (Lipinski definition) is 7. The van der Waals surface area contributed by atoms with E-state index >= 15 is 0 Å². The Balaban J connectivity index is 1.81. The number of carbonyl (C=O) groups excluding carboxylic acids is 1. The van der Waals surface area contributed by atoms with E-state index in [1.807, 2.05) is 0 Å². The van der Waals surface area contributed by atoms with Gasteiger partial charge in [0, 0.05) is 19.7 Å². The summed E-state index contributed by atoms with van der Waals surface area (Å²) >= 11 is 6.24. The number of rotatable bonds is 7. The van der Waals surface area contributed by atoms with Crippen molar-refractivity contribution in [3.63, 3.8) is 0 Å². The van der Waals surface area contributed by atoms with Gasteiger partial charge in [-0.25, -0.2) is 4.68 Å². The summed E-state index contributed by atoms with van der Waals surface area (Å²) in [7, 11) is 2.96. The number of aromatic nitrogens is 4. The molecule has 206 valence electrons. The molecule has 2 heterocycles. The predicted octanol–water partition coefficient (Wildman–Crippen LogP) is 5.46. The monoisotopic (exact) mass is 573 g/mol. The number of benzene rings is 2. The summed E-state index contributed by atoms with van der Waals surface area (Å²) in [6, 6.07) is 7.51. The van der Waals surface area contributed by atoms with Crippen molar-refractivity contribution >= 4 is 23.2 Å². The minimum atomic E-state index is -5.03. The van der Waals surface area contributed by atoms with Crippen molar-refractivity contribution in [1.29, 1.82) is 0 Å². The Morgan fingerprint density at radius 1 is 1.05 bits per heavy atom. The smallest absolute Gasteiger partial charge is 0.390 e. The van der Waals surface area contributed by atoms with Gasteiger partial charge in [0.05, 0.1) is 34.9 Å². The summed E-state index contributed by atoms with van der Waals surface area (Å²) < 4.78 is 86.2. The van der Waals surface area contributed by atoms with Crippen molar-refractivity contribution in [2.75, 3.05) is 19.0 Å². The maximum Gasteiger partial charge on any atom is 0.416 e. The molecule has 0 atom stereocenters. The van der Waals surface area contributed by atoms with Crippen LogP contribution >= 0.6 is 11.6 Å². The van der Waals surface area contributed by atoms with Crippen LogP contribution in [0.1, 0.15) is 38.4 Å². The zero-order valence-electron chi connectivity index (χ0n) is 20.1. The van der Waals surface area contributed by atoms with Gasteiger partial charge in [-0.2, -0.15) is 26.3 Å². The molecule has 4 rings (SSSR count). The summed E-state index contributed by atoms with van der Waals surface area (Å²) in [5.74, 6) is -0.909. The van der Waals surface area contributed by atoms with Crippen molar-refractivity contribution in [3.05, 3.63) is 81.1 Å². The summed E-state index contributed by atoms with van der Waals surface area (Å²) in [6.07, 6.45) is -10.1. The molecule has 0 radical (unpaired) electrons. The van der Waals surface area contributed by atoms with E-state index in [0.29, 0.717) is 12.1 Å². The highest BCUT2D eigenvalue weighted by atomic mass is 35.5. The molecule has 0 saturated carbocycles. The quantitative estimate of drug-likeness (QED) is 0.232. The largest absolute Gasteiger partial charge is 0.416 e. The Hall–Kier alpha value is -3.91. The zero-order valence-corrected chi connectivity index (χ0v) is 20.9. The maximum atomic E-state index is 13.7. The summed E-state index contributed by atoms with van der Waals surface area (Å²) in [6.45, 7) is -1.26. The number of hydrogen-bond donors (Lipinski definition) is 1. The third-order valence-corrected chi connectivity index (χ3v) is 5.92. The lowest BCUT2D eigenvalue weighted by molar-refractivity contribution is -0.143. The van der Waals surface area contributed by atoms with Gasteiger partial charge >= 0.3 is 12.4 Å². The molecule has 4 aromatic rings. The number of ketones is 1. The van der Waals surface area contributed by atoms with Crippen LogP contribution in [0.4, 0.5) is 32.2 Å². The van der Waals surface area contributed by atoms with E-state index in [4.69, 9.17) is 16.1 Å². The first-order valence-electron chi connectivity index (χ1n) is 11.0. The van der Waals surface area contributed by atoms with Crippen LogP contribution in [0.15, 0.2) is 47.0 Å². The molecule has 15 heteroatoms. The van der Waals surface area contributed by atoms with Crippen molar-refractivity contribution in [2.45, 2.75) is 25.5 Å². The molecule has 0 spiro atoms. The topological polar surface area (TPSA) is 97.3 Å². The van der Waals surface area contributed by atoms with Gasteiger partial charge in [0.25, 0.3) is 0 Å². The van der Waals surface area contributed by atoms with Crippen LogP contribution in [0.3, 0.4) is 0 Å². The number of halogens is 7. The molecule has 0 aliphatic carbocycles. The fourth-order valence-electron chi connectivity index (χ4n) is 3.90. The van der Waals surface area contributed by atoms with E-state index in [1.165, 1.54) is 25.1 Å². The molecule has 1 N–H and O–H groups in total. The third-order valence-electron chi connectivity index (χ3n) is 5.59. The molecule has 0 bridgehead atoms. The summed E-state index contributed by atoms with van der Waals surface area (Å²) in [5.41, 5.74) is -3.69. The Morgan fingerprint density at radius 3 is 2.21 bits per heavy atom. The fraction of sp³-hybridized carbons (Fsp3) is 0.250. The van der Waals surface area contributed by atoms with E-state index in [2.05, 4.69) is 15.5 Å². The van der Waals surface area contributed by atoms with Gasteiger partial charge in [0.1, 0.15) is 5.69 Å². The van der Waals surface area contributed by atoms with Gasteiger partial charge < -0.3 is 14.5 Å². The van der Waals surface area contributed by atoms with Gasteiger partial charge in [-0.05, 0) is 35.9 Å². The molecule has 8 nitrogen and oxygen atoms in total. The number of anilines is 1. The molecule has 0 fully saturated rings. The Bertz CT molecular complexity index is 1500. The van der Waals surface area contributed by atoms with Crippen LogP contribution in [0.5, 0.6) is 0 Å². The lowest BCUT2D eigenvalue weighted by Crippen LogP contribution is -2.20. The SMILES string of the molecule is CN(C)c1c(C(=O)c2c(CO)noc2-c2ccccc2Cl)nnn1Cc1cc(C(F)(F)F)cc(C(F)(F)F)c1. The highest BCUT2D eigenvalue weighted by Gasteiger charge is 2.37. The molecule has 39 heavy (non-hydrogen) atoms. The van der Waals surface area contributed by atoms with Gasteiger partial charge in [0.15, 0.2) is 17.3 Å². The summed E-state index contributed by atoms with van der Waals surface area (Å²) in [4.78, 5) is 15.0. The Morgan fingerprint density at radius 2 is 1.67 bits per heavy atom. The van der Waals surface area contributed by atoms with Crippen molar-refractivity contribution in [3.8, 4) is 11.3 Å². The fourth-order valence-corrected chi connectivity index (χ4v) is 4.12. The Labute approximate surface area is 221 Å². The number of aliphatic hydroxyl groups excluding tert-OH is 1. The number of nitrogens with zero attached hydrogens (tertiary/aromatic N) is 5. The molecule has 2 aromatic heterocycles. The van der Waals surface area contributed by atoms with Crippen LogP contribution in [-0.4, -0.2) is 45.1 Å². The van der Waals surface area contributed by atoms with Gasteiger partial charge in [0.2, 0.25) is 5.78 Å². The molecule has 0 unspecified atom stereocenters. The molecule has 0 amide bonds. The standard InChI is InChI=1S/C24H18ClF6N5O3/c1-35(2)22-19(20(38)18-17(11-37)33-39-21(18)15-5-3-4-6-16(15)25)32-34-36(22)10-12-7-13(23(26,27)28)9-14(8-12)24(29,30)31/h3-9,37H,10-11H2,1-2H3. The highest BCUT2D eigenvalue weighted by molar-refractivity contribution is 6.33. The second-order valence-corrected chi connectivity index (χ2v) is 8.94. The van der Waals surface area contributed by atoms with Crippen molar-refractivity contribution in [2.24, 2.45) is 0 Å². The normalized spacial score (nSPS) is 12.2. The van der Waals surface area contributed by atoms with E-state index in [1.54, 1.807) is 18.2 Å². The van der Waals surface area contributed by atoms with E-state index in [-0.39, 0.29) is 50.7 Å². The second-order valence-electron chi connectivity index (χ2n) is 8.53. The first-order chi connectivity index (χ1) is 18.2. The number of carbonyl (C=O) groups is 1. The van der Waals surface area contributed by atoms with E-state index in [0.717, 1.165) is 4.68 Å². The van der Waals surface area contributed by atoms with E-state index < -0.39 is 42.4 Å².